The first-order chi connectivity index (χ1) is 10.1. The molecule has 0 saturated heterocycles. The first-order valence-corrected chi connectivity index (χ1v) is 6.69. The van der Waals surface area contributed by atoms with Crippen molar-refractivity contribution in [1.82, 2.24) is 5.43 Å². The summed E-state index contributed by atoms with van der Waals surface area (Å²) in [5, 5.41) is 14.3. The Balaban J connectivity index is 1.97. The smallest absolute Gasteiger partial charge is 0.267 e. The maximum atomic E-state index is 11.8. The maximum Gasteiger partial charge on any atom is 0.271 e. The third kappa shape index (κ3) is 4.22. The van der Waals surface area contributed by atoms with E-state index in [4.69, 9.17) is 0 Å². The van der Waals surface area contributed by atoms with E-state index in [1.165, 1.54) is 18.3 Å². The highest BCUT2D eigenvalue weighted by atomic mass is 79.9. The molecule has 0 aliphatic heterocycles. The number of non-ortho nitro benzene ring substituents is 1. The zero-order valence-corrected chi connectivity index (χ0v) is 12.3. The summed E-state index contributed by atoms with van der Waals surface area (Å²) in [6.45, 7) is 0. The topological polar surface area (TPSA) is 84.6 Å². The molecule has 0 aliphatic rings. The average Bonchev–Trinajstić information content (AvgIpc) is 2.48. The lowest BCUT2D eigenvalue weighted by molar-refractivity contribution is -0.384. The minimum atomic E-state index is -0.476. The summed E-state index contributed by atoms with van der Waals surface area (Å²) in [5.74, 6) is -0.333. The van der Waals surface area contributed by atoms with E-state index < -0.39 is 4.92 Å². The highest BCUT2D eigenvalue weighted by Crippen LogP contribution is 2.11. The number of nitrogens with zero attached hydrogens (tertiary/aromatic N) is 2. The van der Waals surface area contributed by atoms with Gasteiger partial charge >= 0.3 is 0 Å². The quantitative estimate of drug-likeness (QED) is 0.523. The maximum absolute atomic E-state index is 11.8. The van der Waals surface area contributed by atoms with Crippen molar-refractivity contribution in [1.29, 1.82) is 0 Å². The van der Waals surface area contributed by atoms with Crippen molar-refractivity contribution in [3.8, 4) is 0 Å². The van der Waals surface area contributed by atoms with Gasteiger partial charge in [0.1, 0.15) is 0 Å². The van der Waals surface area contributed by atoms with E-state index in [0.717, 1.165) is 4.47 Å². The van der Waals surface area contributed by atoms with Crippen LogP contribution >= 0.6 is 15.9 Å². The Morgan fingerprint density at radius 3 is 2.33 bits per heavy atom. The number of hydrogen-bond donors (Lipinski definition) is 1. The minimum Gasteiger partial charge on any atom is -0.267 e. The van der Waals surface area contributed by atoms with Crippen molar-refractivity contribution in [2.24, 2.45) is 5.10 Å². The fraction of sp³-hybridized carbons (Fsp3) is 0. The third-order valence-corrected chi connectivity index (χ3v) is 3.12. The van der Waals surface area contributed by atoms with Crippen molar-refractivity contribution >= 4 is 33.7 Å². The van der Waals surface area contributed by atoms with Gasteiger partial charge in [-0.05, 0) is 42.0 Å². The second-order valence-electron chi connectivity index (χ2n) is 4.05. The van der Waals surface area contributed by atoms with E-state index in [2.05, 4.69) is 26.5 Å². The van der Waals surface area contributed by atoms with Gasteiger partial charge in [-0.15, -0.1) is 0 Å². The van der Waals surface area contributed by atoms with Crippen molar-refractivity contribution in [3.05, 3.63) is 74.2 Å². The summed E-state index contributed by atoms with van der Waals surface area (Å²) in [4.78, 5) is 21.8. The Bertz CT molecular complexity index is 682. The van der Waals surface area contributed by atoms with Gasteiger partial charge in [-0.1, -0.05) is 15.9 Å². The second kappa shape index (κ2) is 6.76. The van der Waals surface area contributed by atoms with Crippen molar-refractivity contribution in [2.75, 3.05) is 0 Å². The number of rotatable bonds is 4. The highest BCUT2D eigenvalue weighted by molar-refractivity contribution is 9.10. The molecule has 0 aliphatic carbocycles. The number of nitro groups is 1. The molecule has 7 heteroatoms. The molecule has 0 spiro atoms. The van der Waals surface area contributed by atoms with E-state index in [1.54, 1.807) is 36.4 Å². The molecular weight excluding hydrogens is 338 g/mol. The molecule has 0 radical (unpaired) electrons. The fourth-order valence-electron chi connectivity index (χ4n) is 1.51. The van der Waals surface area contributed by atoms with Gasteiger partial charge in [0.25, 0.3) is 11.6 Å². The molecule has 2 aromatic carbocycles. The summed E-state index contributed by atoms with van der Waals surface area (Å²) < 4.78 is 0.883. The number of halogens is 1. The number of carbonyl (C=O) groups excluding carboxylic acids is 1. The van der Waals surface area contributed by atoms with E-state index in [9.17, 15) is 14.9 Å². The summed E-state index contributed by atoms with van der Waals surface area (Å²) in [6, 6.07) is 12.7. The molecular formula is C14H10BrN3O3. The largest absolute Gasteiger partial charge is 0.271 e. The van der Waals surface area contributed by atoms with Gasteiger partial charge in [-0.2, -0.15) is 5.10 Å². The predicted octanol–water partition coefficient (Wildman–Crippen LogP) is 3.12. The fourth-order valence-corrected chi connectivity index (χ4v) is 1.78. The molecule has 1 amide bonds. The summed E-state index contributed by atoms with van der Waals surface area (Å²) >= 11 is 3.28. The van der Waals surface area contributed by atoms with Crippen LogP contribution in [0.25, 0.3) is 0 Å². The lowest BCUT2D eigenvalue weighted by Crippen LogP contribution is -2.17. The number of nitrogens with one attached hydrogen (secondary N) is 1. The number of benzene rings is 2. The summed E-state index contributed by atoms with van der Waals surface area (Å²) in [7, 11) is 0. The standard InChI is InChI=1S/C14H10BrN3O3/c15-12-5-3-11(4-6-12)14(19)17-16-9-10-1-7-13(8-2-10)18(20)21/h1-9H,(H,17,19). The van der Waals surface area contributed by atoms with Crippen LogP contribution in [0.2, 0.25) is 0 Å². The van der Waals surface area contributed by atoms with Gasteiger partial charge in [-0.3, -0.25) is 14.9 Å². The van der Waals surface area contributed by atoms with Gasteiger partial charge in [0.2, 0.25) is 0 Å². The number of amides is 1. The Kier molecular flexibility index (Phi) is 4.78. The van der Waals surface area contributed by atoms with Gasteiger partial charge in [0.05, 0.1) is 11.1 Å². The van der Waals surface area contributed by atoms with Crippen molar-refractivity contribution in [2.45, 2.75) is 0 Å². The Morgan fingerprint density at radius 2 is 1.76 bits per heavy atom. The molecule has 2 aromatic rings. The molecule has 21 heavy (non-hydrogen) atoms. The van der Waals surface area contributed by atoms with Crippen LogP contribution in [-0.2, 0) is 0 Å². The molecule has 6 nitrogen and oxygen atoms in total. The average molecular weight is 348 g/mol. The highest BCUT2D eigenvalue weighted by Gasteiger charge is 2.04. The van der Waals surface area contributed by atoms with Crippen molar-refractivity contribution in [3.63, 3.8) is 0 Å². The Morgan fingerprint density at radius 1 is 1.14 bits per heavy atom. The lowest BCUT2D eigenvalue weighted by atomic mass is 10.2. The molecule has 0 fully saturated rings. The summed E-state index contributed by atoms with van der Waals surface area (Å²) in [6.07, 6.45) is 1.42. The SMILES string of the molecule is O=C(NN=Cc1ccc([N+](=O)[O-])cc1)c1ccc(Br)cc1. The zero-order chi connectivity index (χ0) is 15.2. The van der Waals surface area contributed by atoms with Crippen molar-refractivity contribution < 1.29 is 9.72 Å². The van der Waals surface area contributed by atoms with Crippen LogP contribution in [0.15, 0.2) is 58.1 Å². The van der Waals surface area contributed by atoms with Crippen LogP contribution in [0.5, 0.6) is 0 Å². The lowest BCUT2D eigenvalue weighted by Gasteiger charge is -1.99. The summed E-state index contributed by atoms with van der Waals surface area (Å²) in [5.41, 5.74) is 3.53. The van der Waals surface area contributed by atoms with Gasteiger partial charge in [0.15, 0.2) is 0 Å². The molecule has 2 rings (SSSR count). The Labute approximate surface area is 128 Å². The van der Waals surface area contributed by atoms with Crippen LogP contribution in [0.3, 0.4) is 0 Å². The molecule has 1 N–H and O–H groups in total. The first-order valence-electron chi connectivity index (χ1n) is 5.90. The number of hydrogen-bond acceptors (Lipinski definition) is 4. The molecule has 0 heterocycles. The van der Waals surface area contributed by atoms with Gasteiger partial charge in [0, 0.05) is 22.2 Å². The van der Waals surface area contributed by atoms with E-state index in [1.807, 2.05) is 0 Å². The molecule has 0 aromatic heterocycles. The van der Waals surface area contributed by atoms with Crippen LogP contribution in [0.4, 0.5) is 5.69 Å². The number of nitro benzene ring substituents is 1. The van der Waals surface area contributed by atoms with Crippen LogP contribution in [0.1, 0.15) is 15.9 Å². The monoisotopic (exact) mass is 347 g/mol. The predicted molar refractivity (Wildman–Crippen MR) is 82.3 cm³/mol. The second-order valence-corrected chi connectivity index (χ2v) is 4.97. The normalized spacial score (nSPS) is 10.5. The molecule has 0 bridgehead atoms. The molecule has 0 saturated carbocycles. The molecule has 0 atom stereocenters. The van der Waals surface area contributed by atoms with E-state index >= 15 is 0 Å². The zero-order valence-electron chi connectivity index (χ0n) is 10.7. The van der Waals surface area contributed by atoms with Gasteiger partial charge in [-0.25, -0.2) is 5.43 Å². The number of hydrazone groups is 1. The van der Waals surface area contributed by atoms with Gasteiger partial charge < -0.3 is 0 Å². The molecule has 0 unspecified atom stereocenters. The van der Waals surface area contributed by atoms with Crippen LogP contribution < -0.4 is 5.43 Å². The van der Waals surface area contributed by atoms with Crippen LogP contribution in [0, 0.1) is 10.1 Å². The van der Waals surface area contributed by atoms with E-state index in [-0.39, 0.29) is 11.6 Å². The number of carbonyl (C=O) groups is 1. The molecule has 106 valence electrons. The van der Waals surface area contributed by atoms with Crippen LogP contribution in [-0.4, -0.2) is 17.0 Å². The minimum absolute atomic E-state index is 0.00560. The Hall–Kier alpha value is -2.54. The first kappa shape index (κ1) is 14.9. The third-order valence-electron chi connectivity index (χ3n) is 2.59. The van der Waals surface area contributed by atoms with E-state index in [0.29, 0.717) is 11.1 Å².